The van der Waals surface area contributed by atoms with Crippen molar-refractivity contribution in [1.82, 2.24) is 24.9 Å². The summed E-state index contributed by atoms with van der Waals surface area (Å²) >= 11 is 0. The molecular formula is C14H22N6O. The molecule has 7 nitrogen and oxygen atoms in total. The van der Waals surface area contributed by atoms with Crippen molar-refractivity contribution < 1.29 is 4.52 Å². The number of aliphatic imine (C=N–C) groups is 1. The van der Waals surface area contributed by atoms with Gasteiger partial charge in [-0.3, -0.25) is 0 Å². The van der Waals surface area contributed by atoms with Gasteiger partial charge in [-0.1, -0.05) is 5.16 Å². The minimum absolute atomic E-state index is 0.376. The van der Waals surface area contributed by atoms with Crippen LogP contribution in [0.1, 0.15) is 24.3 Å². The van der Waals surface area contributed by atoms with Crippen LogP contribution in [0.4, 0.5) is 0 Å². The van der Waals surface area contributed by atoms with E-state index in [2.05, 4.69) is 36.0 Å². The summed E-state index contributed by atoms with van der Waals surface area (Å²) in [5.74, 6) is 1.96. The summed E-state index contributed by atoms with van der Waals surface area (Å²) < 4.78 is 7.18. The van der Waals surface area contributed by atoms with Crippen molar-refractivity contribution in [2.75, 3.05) is 13.6 Å². The third kappa shape index (κ3) is 4.08. The number of nitrogens with zero attached hydrogens (tertiary/aromatic N) is 5. The van der Waals surface area contributed by atoms with E-state index in [1.165, 1.54) is 5.69 Å². The Kier molecular flexibility index (Phi) is 4.97. The molecular weight excluding hydrogens is 268 g/mol. The topological polar surface area (TPSA) is 71.5 Å². The predicted octanol–water partition coefficient (Wildman–Crippen LogP) is 1.31. The van der Waals surface area contributed by atoms with Gasteiger partial charge in [0.05, 0.1) is 6.54 Å². The molecule has 0 unspecified atom stereocenters. The van der Waals surface area contributed by atoms with Gasteiger partial charge in [-0.2, -0.15) is 4.98 Å². The summed E-state index contributed by atoms with van der Waals surface area (Å²) in [5.41, 5.74) is 1.22. The van der Waals surface area contributed by atoms with Crippen molar-refractivity contribution in [3.05, 3.63) is 35.7 Å². The zero-order chi connectivity index (χ0) is 15.2. The summed E-state index contributed by atoms with van der Waals surface area (Å²) in [4.78, 5) is 10.8. The molecule has 7 heteroatoms. The molecule has 0 radical (unpaired) electrons. The Morgan fingerprint density at radius 2 is 2.33 bits per heavy atom. The zero-order valence-electron chi connectivity index (χ0n) is 13.0. The maximum atomic E-state index is 5.08. The highest BCUT2D eigenvalue weighted by molar-refractivity contribution is 5.79. The predicted molar refractivity (Wildman–Crippen MR) is 80.7 cm³/mol. The van der Waals surface area contributed by atoms with Crippen LogP contribution < -0.4 is 5.32 Å². The first kappa shape index (κ1) is 15.1. The highest BCUT2D eigenvalue weighted by Crippen LogP contribution is 2.05. The number of aromatic nitrogens is 3. The second-order valence-electron chi connectivity index (χ2n) is 4.87. The van der Waals surface area contributed by atoms with Crippen LogP contribution in [0, 0.1) is 6.92 Å². The van der Waals surface area contributed by atoms with E-state index in [9.17, 15) is 0 Å². The Labute approximate surface area is 124 Å². The summed E-state index contributed by atoms with van der Waals surface area (Å²) in [7, 11) is 4.04. The first-order chi connectivity index (χ1) is 10.1. The second-order valence-corrected chi connectivity index (χ2v) is 4.87. The summed E-state index contributed by atoms with van der Waals surface area (Å²) in [5, 5.41) is 7.03. The van der Waals surface area contributed by atoms with E-state index in [-0.39, 0.29) is 0 Å². The van der Waals surface area contributed by atoms with Gasteiger partial charge in [-0.05, 0) is 26.0 Å². The van der Waals surface area contributed by atoms with Crippen LogP contribution in [-0.2, 0) is 20.1 Å². The van der Waals surface area contributed by atoms with E-state index in [0.717, 1.165) is 19.0 Å². The standard InChI is InChI=1S/C14H22N6O/c1-5-15-14(16-9-13-17-11(2)18-21-13)20(4)10-12-7-6-8-19(12)3/h6-8H,5,9-10H2,1-4H3,(H,15,16). The lowest BCUT2D eigenvalue weighted by Gasteiger charge is -2.22. The second kappa shape index (κ2) is 6.92. The van der Waals surface area contributed by atoms with E-state index in [4.69, 9.17) is 4.52 Å². The molecule has 21 heavy (non-hydrogen) atoms. The maximum absolute atomic E-state index is 5.08. The molecule has 2 aromatic rings. The molecule has 0 amide bonds. The summed E-state index contributed by atoms with van der Waals surface area (Å²) in [6, 6.07) is 4.13. The minimum Gasteiger partial charge on any atom is -0.357 e. The first-order valence-electron chi connectivity index (χ1n) is 6.99. The number of aryl methyl sites for hydroxylation is 2. The minimum atomic E-state index is 0.376. The fourth-order valence-electron chi connectivity index (χ4n) is 2.00. The Balaban J connectivity index is 2.04. The third-order valence-electron chi connectivity index (χ3n) is 3.08. The Morgan fingerprint density at radius 1 is 1.52 bits per heavy atom. The average molecular weight is 290 g/mol. The molecule has 0 aliphatic carbocycles. The van der Waals surface area contributed by atoms with Gasteiger partial charge in [-0.15, -0.1) is 0 Å². The van der Waals surface area contributed by atoms with Gasteiger partial charge in [0.2, 0.25) is 5.89 Å². The van der Waals surface area contributed by atoms with Crippen LogP contribution in [0.2, 0.25) is 0 Å². The first-order valence-corrected chi connectivity index (χ1v) is 6.99. The molecule has 2 heterocycles. The Bertz CT molecular complexity index is 600. The molecule has 1 N–H and O–H groups in total. The lowest BCUT2D eigenvalue weighted by atomic mass is 10.4. The molecule has 0 aromatic carbocycles. The van der Waals surface area contributed by atoms with Crippen molar-refractivity contribution in [2.24, 2.45) is 12.0 Å². The van der Waals surface area contributed by atoms with Crippen molar-refractivity contribution >= 4 is 5.96 Å². The molecule has 0 bridgehead atoms. The molecule has 0 atom stereocenters. The zero-order valence-corrected chi connectivity index (χ0v) is 13.0. The molecule has 0 fully saturated rings. The van der Waals surface area contributed by atoms with Crippen LogP contribution in [0.3, 0.4) is 0 Å². The molecule has 0 saturated heterocycles. The molecule has 0 aliphatic rings. The van der Waals surface area contributed by atoms with Gasteiger partial charge in [0.1, 0.15) is 6.54 Å². The highest BCUT2D eigenvalue weighted by Gasteiger charge is 2.09. The SMILES string of the molecule is CCNC(=NCc1nc(C)no1)N(C)Cc1cccn1C. The van der Waals surface area contributed by atoms with Gasteiger partial charge >= 0.3 is 0 Å². The molecule has 2 rings (SSSR count). The lowest BCUT2D eigenvalue weighted by Crippen LogP contribution is -2.38. The van der Waals surface area contributed by atoms with Crippen molar-refractivity contribution in [3.63, 3.8) is 0 Å². The average Bonchev–Trinajstić information content (AvgIpc) is 3.04. The van der Waals surface area contributed by atoms with Gasteiger partial charge in [-0.25, -0.2) is 4.99 Å². The number of rotatable bonds is 5. The smallest absolute Gasteiger partial charge is 0.248 e. The monoisotopic (exact) mass is 290 g/mol. The normalized spacial score (nSPS) is 11.7. The van der Waals surface area contributed by atoms with Crippen LogP contribution in [0.25, 0.3) is 0 Å². The number of hydrogen-bond acceptors (Lipinski definition) is 4. The molecule has 2 aromatic heterocycles. The number of hydrogen-bond donors (Lipinski definition) is 1. The maximum Gasteiger partial charge on any atom is 0.248 e. The third-order valence-corrected chi connectivity index (χ3v) is 3.08. The van der Waals surface area contributed by atoms with Crippen LogP contribution in [-0.4, -0.2) is 39.2 Å². The lowest BCUT2D eigenvalue weighted by molar-refractivity contribution is 0.375. The molecule has 0 saturated carbocycles. The fraction of sp³-hybridized carbons (Fsp3) is 0.500. The molecule has 0 spiro atoms. The van der Waals surface area contributed by atoms with Gasteiger partial charge in [0.15, 0.2) is 11.8 Å². The van der Waals surface area contributed by atoms with E-state index in [1.54, 1.807) is 6.92 Å². The van der Waals surface area contributed by atoms with Crippen LogP contribution in [0.15, 0.2) is 27.8 Å². The van der Waals surface area contributed by atoms with Crippen molar-refractivity contribution in [1.29, 1.82) is 0 Å². The van der Waals surface area contributed by atoms with Crippen molar-refractivity contribution in [2.45, 2.75) is 26.9 Å². The van der Waals surface area contributed by atoms with Crippen molar-refractivity contribution in [3.8, 4) is 0 Å². The number of guanidine groups is 1. The number of nitrogens with one attached hydrogen (secondary N) is 1. The molecule has 114 valence electrons. The van der Waals surface area contributed by atoms with Gasteiger partial charge in [0, 0.05) is 32.5 Å². The van der Waals surface area contributed by atoms with E-state index >= 15 is 0 Å². The highest BCUT2D eigenvalue weighted by atomic mass is 16.5. The van der Waals surface area contributed by atoms with Gasteiger partial charge in [0.25, 0.3) is 0 Å². The van der Waals surface area contributed by atoms with E-state index in [0.29, 0.717) is 18.3 Å². The summed E-state index contributed by atoms with van der Waals surface area (Å²) in [6.07, 6.45) is 2.04. The molecule has 0 aliphatic heterocycles. The van der Waals surface area contributed by atoms with E-state index in [1.807, 2.05) is 33.3 Å². The Hall–Kier alpha value is -2.31. The van der Waals surface area contributed by atoms with E-state index < -0.39 is 0 Å². The van der Waals surface area contributed by atoms with Gasteiger partial charge < -0.3 is 19.3 Å². The van der Waals surface area contributed by atoms with Crippen LogP contribution >= 0.6 is 0 Å². The largest absolute Gasteiger partial charge is 0.357 e. The Morgan fingerprint density at radius 3 is 2.90 bits per heavy atom. The summed E-state index contributed by atoms with van der Waals surface area (Å²) in [6.45, 7) is 5.80. The quantitative estimate of drug-likeness (QED) is 0.664. The fourth-order valence-corrected chi connectivity index (χ4v) is 2.00. The van der Waals surface area contributed by atoms with Crippen LogP contribution in [0.5, 0.6) is 0 Å².